The number of benzene rings is 2. The first-order chi connectivity index (χ1) is 12.2. The molecule has 2 aromatic carbocycles. The number of pyridine rings is 1. The van der Waals surface area contributed by atoms with Gasteiger partial charge in [-0.2, -0.15) is 0 Å². The van der Waals surface area contributed by atoms with E-state index in [1.54, 1.807) is 23.9 Å². The topological polar surface area (TPSA) is 60.4 Å². The number of imidazole rings is 1. The van der Waals surface area contributed by atoms with Crippen molar-refractivity contribution in [2.24, 2.45) is 0 Å². The molecule has 0 aliphatic carbocycles. The maximum Gasteiger partial charge on any atom is 0.269 e. The monoisotopic (exact) mass is 347 g/mol. The number of hydrogen-bond donors (Lipinski definition) is 0. The summed E-state index contributed by atoms with van der Waals surface area (Å²) in [5.41, 5.74) is 2.89. The minimum absolute atomic E-state index is 0.0887. The standard InChI is InChI=1S/C19H13N3O2S/c23-22(24)15-9-11-16(12-10-15)25-19-18(14-6-2-1-3-7-14)20-17-8-4-5-13-21(17)19/h1-13H. The first-order valence-electron chi connectivity index (χ1n) is 7.67. The Labute approximate surface area is 148 Å². The molecule has 2 heterocycles. The molecule has 5 nitrogen and oxygen atoms in total. The molecule has 0 spiro atoms. The van der Waals surface area contributed by atoms with Gasteiger partial charge in [-0.15, -0.1) is 0 Å². The number of hydrogen-bond acceptors (Lipinski definition) is 4. The summed E-state index contributed by atoms with van der Waals surface area (Å²) in [5, 5.41) is 11.8. The third kappa shape index (κ3) is 2.99. The van der Waals surface area contributed by atoms with Crippen LogP contribution in [0.3, 0.4) is 0 Å². The molecule has 0 aliphatic heterocycles. The van der Waals surface area contributed by atoms with Gasteiger partial charge in [-0.3, -0.25) is 14.5 Å². The summed E-state index contributed by atoms with van der Waals surface area (Å²) in [7, 11) is 0. The van der Waals surface area contributed by atoms with E-state index >= 15 is 0 Å². The van der Waals surface area contributed by atoms with Crippen molar-refractivity contribution in [1.82, 2.24) is 9.38 Å². The highest BCUT2D eigenvalue weighted by Gasteiger charge is 2.15. The minimum Gasteiger partial charge on any atom is -0.294 e. The molecule has 0 N–H and O–H groups in total. The third-order valence-electron chi connectivity index (χ3n) is 3.80. The van der Waals surface area contributed by atoms with Crippen molar-refractivity contribution in [1.29, 1.82) is 0 Å². The summed E-state index contributed by atoms with van der Waals surface area (Å²) in [6.07, 6.45) is 1.97. The van der Waals surface area contributed by atoms with E-state index in [1.165, 1.54) is 12.1 Å². The van der Waals surface area contributed by atoms with Gasteiger partial charge in [-0.05, 0) is 24.3 Å². The molecule has 0 bridgehead atoms. The second-order valence-electron chi connectivity index (χ2n) is 5.41. The fraction of sp³-hybridized carbons (Fsp3) is 0. The molecule has 0 saturated heterocycles. The van der Waals surface area contributed by atoms with Gasteiger partial charge in [0.05, 0.1) is 4.92 Å². The van der Waals surface area contributed by atoms with Gasteiger partial charge in [0, 0.05) is 28.8 Å². The number of rotatable bonds is 4. The Hall–Kier alpha value is -3.12. The Kier molecular flexibility index (Phi) is 3.95. The molecule has 0 fully saturated rings. The maximum absolute atomic E-state index is 10.8. The molecule has 122 valence electrons. The molecule has 0 radical (unpaired) electrons. The van der Waals surface area contributed by atoms with E-state index < -0.39 is 4.92 Å². The predicted octanol–water partition coefficient (Wildman–Crippen LogP) is 5.06. The molecule has 0 amide bonds. The van der Waals surface area contributed by atoms with Crippen molar-refractivity contribution in [3.05, 3.63) is 89.1 Å². The average Bonchev–Trinajstić information content (AvgIpc) is 3.02. The predicted molar refractivity (Wildman–Crippen MR) is 97.8 cm³/mol. The van der Waals surface area contributed by atoms with Gasteiger partial charge in [0.1, 0.15) is 16.4 Å². The third-order valence-corrected chi connectivity index (χ3v) is 4.89. The SMILES string of the molecule is O=[N+]([O-])c1ccc(Sc2c(-c3ccccc3)nc3ccccn23)cc1. The summed E-state index contributed by atoms with van der Waals surface area (Å²) >= 11 is 1.54. The van der Waals surface area contributed by atoms with E-state index in [9.17, 15) is 10.1 Å². The number of nitro groups is 1. The van der Waals surface area contributed by atoms with Gasteiger partial charge in [-0.1, -0.05) is 48.2 Å². The van der Waals surface area contributed by atoms with Crippen molar-refractivity contribution < 1.29 is 4.92 Å². The molecular weight excluding hydrogens is 334 g/mol. The number of non-ortho nitro benzene ring substituents is 1. The van der Waals surface area contributed by atoms with Crippen molar-refractivity contribution >= 4 is 23.1 Å². The van der Waals surface area contributed by atoms with E-state index in [0.717, 1.165) is 26.8 Å². The van der Waals surface area contributed by atoms with Crippen LogP contribution < -0.4 is 0 Å². The zero-order chi connectivity index (χ0) is 17.2. The van der Waals surface area contributed by atoms with E-state index in [1.807, 2.05) is 59.1 Å². The quantitative estimate of drug-likeness (QED) is 0.382. The van der Waals surface area contributed by atoms with Gasteiger partial charge >= 0.3 is 0 Å². The summed E-state index contributed by atoms with van der Waals surface area (Å²) in [5.74, 6) is 0. The van der Waals surface area contributed by atoms with Gasteiger partial charge in [0.25, 0.3) is 5.69 Å². The zero-order valence-electron chi connectivity index (χ0n) is 13.1. The Morgan fingerprint density at radius 3 is 2.36 bits per heavy atom. The van der Waals surface area contributed by atoms with Crippen LogP contribution in [0.2, 0.25) is 0 Å². The molecule has 2 aromatic heterocycles. The molecule has 0 aliphatic rings. The number of fused-ring (bicyclic) bond motifs is 1. The van der Waals surface area contributed by atoms with Crippen LogP contribution >= 0.6 is 11.8 Å². The molecule has 4 aromatic rings. The Morgan fingerprint density at radius 2 is 1.64 bits per heavy atom. The van der Waals surface area contributed by atoms with E-state index in [0.29, 0.717) is 0 Å². The molecule has 25 heavy (non-hydrogen) atoms. The Morgan fingerprint density at radius 1 is 0.920 bits per heavy atom. The summed E-state index contributed by atoms with van der Waals surface area (Å²) in [6, 6.07) is 22.5. The smallest absolute Gasteiger partial charge is 0.269 e. The zero-order valence-corrected chi connectivity index (χ0v) is 13.9. The highest BCUT2D eigenvalue weighted by molar-refractivity contribution is 7.99. The average molecular weight is 347 g/mol. The molecule has 4 rings (SSSR count). The number of nitrogens with zero attached hydrogens (tertiary/aromatic N) is 3. The van der Waals surface area contributed by atoms with Crippen LogP contribution in [-0.4, -0.2) is 14.3 Å². The minimum atomic E-state index is -0.391. The van der Waals surface area contributed by atoms with E-state index in [4.69, 9.17) is 4.98 Å². The summed E-state index contributed by atoms with van der Waals surface area (Å²) in [4.78, 5) is 16.1. The normalized spacial score (nSPS) is 10.9. The van der Waals surface area contributed by atoms with Crippen molar-refractivity contribution in [3.63, 3.8) is 0 Å². The van der Waals surface area contributed by atoms with Gasteiger partial charge in [0.2, 0.25) is 0 Å². The van der Waals surface area contributed by atoms with E-state index in [-0.39, 0.29) is 5.69 Å². The lowest BCUT2D eigenvalue weighted by molar-refractivity contribution is -0.384. The van der Waals surface area contributed by atoms with Crippen LogP contribution in [0.1, 0.15) is 0 Å². The van der Waals surface area contributed by atoms with Crippen LogP contribution in [0.5, 0.6) is 0 Å². The van der Waals surface area contributed by atoms with Crippen molar-refractivity contribution in [2.75, 3.05) is 0 Å². The van der Waals surface area contributed by atoms with E-state index in [2.05, 4.69) is 0 Å². The second-order valence-corrected chi connectivity index (χ2v) is 6.48. The number of aromatic nitrogens is 2. The highest BCUT2D eigenvalue weighted by atomic mass is 32.2. The molecule has 6 heteroatoms. The van der Waals surface area contributed by atoms with Crippen LogP contribution in [0.25, 0.3) is 16.9 Å². The Balaban J connectivity index is 1.81. The van der Waals surface area contributed by atoms with Crippen molar-refractivity contribution in [2.45, 2.75) is 9.92 Å². The molecule has 0 unspecified atom stereocenters. The summed E-state index contributed by atoms with van der Waals surface area (Å²) in [6.45, 7) is 0. The van der Waals surface area contributed by atoms with Crippen LogP contribution in [0.4, 0.5) is 5.69 Å². The maximum atomic E-state index is 10.8. The van der Waals surface area contributed by atoms with Crippen LogP contribution in [0, 0.1) is 10.1 Å². The van der Waals surface area contributed by atoms with Gasteiger partial charge in [-0.25, -0.2) is 4.98 Å². The summed E-state index contributed by atoms with van der Waals surface area (Å²) < 4.78 is 2.04. The number of nitro benzene ring substituents is 1. The molecular formula is C19H13N3O2S. The first kappa shape index (κ1) is 15.4. The largest absolute Gasteiger partial charge is 0.294 e. The second kappa shape index (κ2) is 6.41. The first-order valence-corrected chi connectivity index (χ1v) is 8.49. The van der Waals surface area contributed by atoms with Gasteiger partial charge in [0.15, 0.2) is 0 Å². The lowest BCUT2D eigenvalue weighted by atomic mass is 10.2. The fourth-order valence-electron chi connectivity index (χ4n) is 2.60. The fourth-order valence-corrected chi connectivity index (χ4v) is 3.61. The highest BCUT2D eigenvalue weighted by Crippen LogP contribution is 2.36. The lowest BCUT2D eigenvalue weighted by Crippen LogP contribution is -1.88. The van der Waals surface area contributed by atoms with Gasteiger partial charge < -0.3 is 0 Å². The van der Waals surface area contributed by atoms with Crippen molar-refractivity contribution in [3.8, 4) is 11.3 Å². The van der Waals surface area contributed by atoms with Crippen LogP contribution in [0.15, 0.2) is 88.9 Å². The molecule has 0 atom stereocenters. The molecule has 0 saturated carbocycles. The Bertz CT molecular complexity index is 1040. The lowest BCUT2D eigenvalue weighted by Gasteiger charge is -2.05. The van der Waals surface area contributed by atoms with Crippen LogP contribution in [-0.2, 0) is 0 Å².